The minimum absolute atomic E-state index is 0.0430. The first-order valence-electron chi connectivity index (χ1n) is 26.2. The molecule has 0 unspecified atom stereocenters. The van der Waals surface area contributed by atoms with Gasteiger partial charge in [-0.2, -0.15) is 0 Å². The number of ether oxygens (including phenoxy) is 5. The standard InChI is InChI=1S/C53H74N10O8S/c1-33(2)70-24-20-61-44-11-10-35-25-38(44)40(47(61)39-26-37(28-54-45(39)34(3)67-7)59-16-14-58(6)15-17-59)27-53(4,5)32-71-51(65)41-9-8-13-63(57-41)50(64)46(56-52(66)62-29-36-30-69-21-12-43(36)62)48(49-55-42(35)31-72-49)60-18-22-68-23-19-60/h10-11,25-26,28,31,33-34,36,41,43,46,48,57H,8-9,12-24,27,29-30,32H2,1-7H3,(H,56,66)/t34-,36+,41-,43-,46-,48-/m0/s1. The van der Waals surface area contributed by atoms with E-state index in [2.05, 4.69) is 94.4 Å². The van der Waals surface area contributed by atoms with Gasteiger partial charge in [0, 0.05) is 117 Å². The van der Waals surface area contributed by atoms with Gasteiger partial charge < -0.3 is 48.3 Å². The van der Waals surface area contributed by atoms with Gasteiger partial charge in [-0.05, 0) is 77.3 Å². The molecule has 10 rings (SSSR count). The lowest BCUT2D eigenvalue weighted by Crippen LogP contribution is -2.68. The number of esters is 1. The number of methoxy groups -OCH3 is 1. The molecule has 6 bridgehead atoms. The number of aromatic nitrogens is 3. The van der Waals surface area contributed by atoms with Crippen LogP contribution in [0.4, 0.5) is 10.5 Å². The Balaban J connectivity index is 1.13. The fourth-order valence-electron chi connectivity index (χ4n) is 11.5. The first-order valence-corrected chi connectivity index (χ1v) is 27.0. The van der Waals surface area contributed by atoms with Crippen molar-refractivity contribution in [3.8, 4) is 22.5 Å². The number of pyridine rings is 1. The van der Waals surface area contributed by atoms with Crippen LogP contribution in [0, 0.1) is 11.3 Å². The number of likely N-dealkylation sites (N-methyl/N-ethyl adjacent to an activating group) is 1. The van der Waals surface area contributed by atoms with Crippen molar-refractivity contribution >= 4 is 45.8 Å². The Morgan fingerprint density at radius 2 is 1.82 bits per heavy atom. The lowest BCUT2D eigenvalue weighted by Gasteiger charge is -2.51. The number of thiazole rings is 1. The number of rotatable bonds is 10. The SMILES string of the molecule is CO[C@@H](C)c1ncc(N2CCN(C)CC2)cc1-c1c2c3cc(ccc3n1CCOC(C)C)-c1csc(n1)[C@@H](N1CCOCC1)[C@H](NC(=O)N1C[C@@H]3COCC[C@@H]31)C(=O)N1CCC[C@H](N1)C(=O)OCC(C)(C)C2. The summed E-state index contributed by atoms with van der Waals surface area (Å²) in [6.45, 7) is 19.6. The van der Waals surface area contributed by atoms with Gasteiger partial charge in [0.25, 0.3) is 5.91 Å². The summed E-state index contributed by atoms with van der Waals surface area (Å²) in [6, 6.07) is 6.22. The van der Waals surface area contributed by atoms with Crippen molar-refractivity contribution in [2.45, 2.75) is 103 Å². The summed E-state index contributed by atoms with van der Waals surface area (Å²) in [5.74, 6) is -0.463. The number of carbonyl (C=O) groups is 3. The van der Waals surface area contributed by atoms with Crippen LogP contribution in [0.1, 0.15) is 82.3 Å². The molecule has 1 aromatic carbocycles. The molecule has 19 heteroatoms. The number of hydrogen-bond donors (Lipinski definition) is 2. The molecule has 6 aliphatic rings. The van der Waals surface area contributed by atoms with E-state index < -0.39 is 29.5 Å². The molecule has 0 radical (unpaired) electrons. The summed E-state index contributed by atoms with van der Waals surface area (Å²) in [6.07, 6.45) is 4.12. The number of hydrazine groups is 1. The summed E-state index contributed by atoms with van der Waals surface area (Å²) >= 11 is 1.50. The highest BCUT2D eigenvalue weighted by Crippen LogP contribution is 2.44. The third-order valence-corrected chi connectivity index (χ3v) is 16.5. The van der Waals surface area contributed by atoms with Gasteiger partial charge in [0.05, 0.1) is 80.3 Å². The van der Waals surface area contributed by atoms with Crippen LogP contribution in [0.3, 0.4) is 0 Å². The van der Waals surface area contributed by atoms with Gasteiger partial charge in [-0.3, -0.25) is 24.5 Å². The van der Waals surface area contributed by atoms with E-state index in [0.717, 1.165) is 83.0 Å². The van der Waals surface area contributed by atoms with E-state index in [-0.39, 0.29) is 42.7 Å². The number of piperazine rings is 1. The molecule has 5 fully saturated rings. The van der Waals surface area contributed by atoms with Gasteiger partial charge in [-0.15, -0.1) is 11.3 Å². The monoisotopic (exact) mass is 1010 g/mol. The molecule has 4 aromatic rings. The summed E-state index contributed by atoms with van der Waals surface area (Å²) < 4.78 is 32.6. The normalized spacial score (nSPS) is 26.0. The van der Waals surface area contributed by atoms with Crippen LogP contribution in [0.25, 0.3) is 33.4 Å². The van der Waals surface area contributed by atoms with Crippen LogP contribution >= 0.6 is 11.3 Å². The summed E-state index contributed by atoms with van der Waals surface area (Å²) in [4.78, 5) is 63.5. The van der Waals surface area contributed by atoms with E-state index in [1.807, 2.05) is 18.0 Å². The molecule has 6 aliphatic heterocycles. The zero-order valence-electron chi connectivity index (χ0n) is 43.2. The van der Waals surface area contributed by atoms with Crippen molar-refractivity contribution in [3.63, 3.8) is 0 Å². The highest BCUT2D eigenvalue weighted by molar-refractivity contribution is 7.10. The summed E-state index contributed by atoms with van der Waals surface area (Å²) in [5.41, 5.74) is 10.5. The number of hydrogen-bond acceptors (Lipinski definition) is 15. The molecular formula is C53H74N10O8S. The number of anilines is 1. The number of cyclic esters (lactones) is 1. The molecule has 72 heavy (non-hydrogen) atoms. The third-order valence-electron chi connectivity index (χ3n) is 15.6. The molecule has 0 spiro atoms. The van der Waals surface area contributed by atoms with Crippen LogP contribution in [-0.4, -0.2) is 183 Å². The lowest BCUT2D eigenvalue weighted by atomic mass is 9.84. The minimum atomic E-state index is -1.04. The Bertz CT molecular complexity index is 2590. The maximum absolute atomic E-state index is 15.2. The van der Waals surface area contributed by atoms with Crippen LogP contribution in [-0.2, 0) is 46.2 Å². The van der Waals surface area contributed by atoms with E-state index in [1.54, 1.807) is 7.11 Å². The van der Waals surface area contributed by atoms with Gasteiger partial charge in [-0.25, -0.2) is 15.2 Å². The average Bonchev–Trinajstić information content (AvgIpc) is 3.98. The number of fused-ring (bicyclic) bond motifs is 7. The van der Waals surface area contributed by atoms with E-state index in [0.29, 0.717) is 90.0 Å². The second-order valence-corrected chi connectivity index (χ2v) is 22.5. The Morgan fingerprint density at radius 3 is 2.58 bits per heavy atom. The van der Waals surface area contributed by atoms with Crippen molar-refractivity contribution in [1.29, 1.82) is 0 Å². The topological polar surface area (TPSA) is 168 Å². The first-order chi connectivity index (χ1) is 34.8. The van der Waals surface area contributed by atoms with Gasteiger partial charge in [0.15, 0.2) is 0 Å². The van der Waals surface area contributed by atoms with Crippen molar-refractivity contribution in [3.05, 3.63) is 52.1 Å². The Kier molecular flexibility index (Phi) is 15.3. The zero-order valence-corrected chi connectivity index (χ0v) is 44.0. The van der Waals surface area contributed by atoms with Gasteiger partial charge in [0.2, 0.25) is 0 Å². The van der Waals surface area contributed by atoms with Crippen molar-refractivity contribution < 1.29 is 38.1 Å². The first kappa shape index (κ1) is 50.8. The zero-order chi connectivity index (χ0) is 50.3. The van der Waals surface area contributed by atoms with Crippen molar-refractivity contribution in [2.24, 2.45) is 11.3 Å². The van der Waals surface area contributed by atoms with E-state index in [1.165, 1.54) is 16.3 Å². The number of likely N-dealkylation sites (tertiary alicyclic amines) is 1. The molecule has 0 aliphatic carbocycles. The van der Waals surface area contributed by atoms with Gasteiger partial charge >= 0.3 is 12.0 Å². The Labute approximate surface area is 427 Å². The second kappa shape index (κ2) is 21.6. The highest BCUT2D eigenvalue weighted by atomic mass is 32.1. The van der Waals surface area contributed by atoms with Gasteiger partial charge in [0.1, 0.15) is 17.1 Å². The predicted molar refractivity (Wildman–Crippen MR) is 276 cm³/mol. The quantitative estimate of drug-likeness (QED) is 0.191. The average molecular weight is 1010 g/mol. The molecule has 6 atom stereocenters. The summed E-state index contributed by atoms with van der Waals surface area (Å²) in [7, 11) is 3.89. The summed E-state index contributed by atoms with van der Waals surface area (Å²) in [5, 5.41) is 8.63. The third kappa shape index (κ3) is 10.5. The molecular weight excluding hydrogens is 937 g/mol. The van der Waals surface area contributed by atoms with E-state index in [9.17, 15) is 9.59 Å². The maximum Gasteiger partial charge on any atom is 0.324 e. The fourth-order valence-corrected chi connectivity index (χ4v) is 12.5. The van der Waals surface area contributed by atoms with Crippen molar-refractivity contribution in [1.82, 2.24) is 45.0 Å². The van der Waals surface area contributed by atoms with Crippen LogP contribution in [0.2, 0.25) is 0 Å². The molecule has 0 saturated carbocycles. The number of urea groups is 1. The number of benzene rings is 1. The molecule has 390 valence electrons. The molecule has 5 saturated heterocycles. The maximum atomic E-state index is 15.2. The predicted octanol–water partition coefficient (Wildman–Crippen LogP) is 5.50. The Hall–Kier alpha value is -4.73. The van der Waals surface area contributed by atoms with E-state index >= 15 is 4.79 Å². The second-order valence-electron chi connectivity index (χ2n) is 21.6. The molecule has 3 aromatic heterocycles. The number of nitrogens with zero attached hydrogens (tertiary/aromatic N) is 8. The smallest absolute Gasteiger partial charge is 0.324 e. The molecule has 3 amide bonds. The number of morpholine rings is 1. The molecule has 9 heterocycles. The fraction of sp³-hybridized carbons (Fsp3) is 0.642. The number of nitrogens with one attached hydrogen (secondary N) is 2. The lowest BCUT2D eigenvalue weighted by molar-refractivity contribution is -0.155. The number of amides is 3. The van der Waals surface area contributed by atoms with Gasteiger partial charge in [-0.1, -0.05) is 19.9 Å². The molecule has 18 nitrogen and oxygen atoms in total. The van der Waals surface area contributed by atoms with Crippen molar-refractivity contribution in [2.75, 3.05) is 111 Å². The highest BCUT2D eigenvalue weighted by Gasteiger charge is 2.47. The minimum Gasteiger partial charge on any atom is -0.464 e. The Morgan fingerprint density at radius 1 is 1.01 bits per heavy atom. The van der Waals surface area contributed by atoms with Crippen LogP contribution in [0.5, 0.6) is 0 Å². The largest absolute Gasteiger partial charge is 0.464 e. The number of carbonyl (C=O) groups excluding carboxylic acids is 3. The van der Waals surface area contributed by atoms with Crippen LogP contribution in [0.15, 0.2) is 35.8 Å². The van der Waals surface area contributed by atoms with E-state index in [4.69, 9.17) is 33.7 Å². The van der Waals surface area contributed by atoms with Crippen LogP contribution < -0.4 is 15.6 Å². The molecule has 2 N–H and O–H groups in total.